The highest BCUT2D eigenvalue weighted by Crippen LogP contribution is 2.20. The van der Waals surface area contributed by atoms with Gasteiger partial charge in [0.2, 0.25) is 0 Å². The van der Waals surface area contributed by atoms with E-state index >= 15 is 0 Å². The average Bonchev–Trinajstić information content (AvgIpc) is 2.52. The molecule has 0 bridgehead atoms. The molecule has 0 saturated heterocycles. The molecule has 1 N–H and O–H groups in total. The van der Waals surface area contributed by atoms with Gasteiger partial charge in [-0.3, -0.25) is 5.32 Å². The Labute approximate surface area is 146 Å². The molecule has 0 spiro atoms. The molecule has 0 aliphatic rings. The first-order valence-electron chi connectivity index (χ1n) is 8.97. The maximum absolute atomic E-state index is 12.1. The number of hydrogen-bond acceptors (Lipinski definition) is 3. The number of benzene rings is 1. The number of amides is 1. The van der Waals surface area contributed by atoms with Gasteiger partial charge in [-0.05, 0) is 32.8 Å². The van der Waals surface area contributed by atoms with Gasteiger partial charge >= 0.3 is 6.09 Å². The van der Waals surface area contributed by atoms with Crippen molar-refractivity contribution in [3.8, 4) is 0 Å². The number of unbranched alkanes of at least 4 members (excludes halogenated alkanes) is 2. The van der Waals surface area contributed by atoms with E-state index in [0.29, 0.717) is 0 Å². The van der Waals surface area contributed by atoms with E-state index in [2.05, 4.69) is 19.2 Å². The summed E-state index contributed by atoms with van der Waals surface area (Å²) in [5.41, 5.74) is 0.646. The molecule has 4 nitrogen and oxygen atoms in total. The smallest absolute Gasteiger partial charge is 0.409 e. The Balaban J connectivity index is 2.54. The maximum atomic E-state index is 12.1. The molecule has 1 amide bonds. The third kappa shape index (κ3) is 8.92. The van der Waals surface area contributed by atoms with E-state index in [1.165, 1.54) is 12.8 Å². The molecule has 136 valence electrons. The molecule has 4 heteroatoms. The van der Waals surface area contributed by atoms with Crippen LogP contribution in [-0.4, -0.2) is 17.9 Å². The minimum Gasteiger partial charge on any atom is -0.445 e. The molecule has 2 unspecified atom stereocenters. The van der Waals surface area contributed by atoms with Gasteiger partial charge in [-0.2, -0.15) is 0 Å². The van der Waals surface area contributed by atoms with E-state index < -0.39 is 6.09 Å². The second-order valence-corrected chi connectivity index (χ2v) is 7.33. The summed E-state index contributed by atoms with van der Waals surface area (Å²) >= 11 is 0. The number of carbonyl (C=O) groups excluding carboxylic acids is 1. The van der Waals surface area contributed by atoms with E-state index in [1.807, 2.05) is 51.1 Å². The minimum atomic E-state index is -0.435. The minimum absolute atomic E-state index is 0.236. The average molecular weight is 335 g/mol. The summed E-state index contributed by atoms with van der Waals surface area (Å²) in [5, 5.41) is 2.89. The molecule has 2 atom stereocenters. The van der Waals surface area contributed by atoms with Crippen molar-refractivity contribution in [2.45, 2.75) is 78.7 Å². The van der Waals surface area contributed by atoms with Crippen molar-refractivity contribution in [1.82, 2.24) is 5.32 Å². The first-order chi connectivity index (χ1) is 11.3. The lowest BCUT2D eigenvalue weighted by molar-refractivity contribution is -0.0962. The van der Waals surface area contributed by atoms with Gasteiger partial charge in [-0.1, -0.05) is 63.4 Å². The Bertz CT molecular complexity index is 468. The van der Waals surface area contributed by atoms with Crippen molar-refractivity contribution in [2.75, 3.05) is 0 Å². The van der Waals surface area contributed by atoms with Gasteiger partial charge in [-0.25, -0.2) is 4.79 Å². The van der Waals surface area contributed by atoms with Crippen molar-refractivity contribution >= 4 is 6.09 Å². The van der Waals surface area contributed by atoms with Crippen molar-refractivity contribution in [2.24, 2.45) is 5.92 Å². The third-order valence-electron chi connectivity index (χ3n) is 3.73. The van der Waals surface area contributed by atoms with Gasteiger partial charge in [0.1, 0.15) is 12.8 Å². The van der Waals surface area contributed by atoms with Crippen molar-refractivity contribution in [3.63, 3.8) is 0 Å². The largest absolute Gasteiger partial charge is 0.445 e. The predicted molar refractivity (Wildman–Crippen MR) is 97.7 cm³/mol. The summed E-state index contributed by atoms with van der Waals surface area (Å²) < 4.78 is 11.4. The maximum Gasteiger partial charge on any atom is 0.409 e. The fraction of sp³-hybridized carbons (Fsp3) is 0.650. The zero-order valence-corrected chi connectivity index (χ0v) is 15.8. The van der Waals surface area contributed by atoms with Gasteiger partial charge in [0.25, 0.3) is 0 Å². The van der Waals surface area contributed by atoms with Gasteiger partial charge in [0, 0.05) is 5.92 Å². The molecular weight excluding hydrogens is 302 g/mol. The Morgan fingerprint density at radius 1 is 1.17 bits per heavy atom. The summed E-state index contributed by atoms with van der Waals surface area (Å²) in [6, 6.07) is 9.66. The summed E-state index contributed by atoms with van der Waals surface area (Å²) in [6.45, 7) is 10.6. The predicted octanol–water partition coefficient (Wildman–Crippen LogP) is 5.27. The van der Waals surface area contributed by atoms with Gasteiger partial charge in [0.05, 0.1) is 5.60 Å². The lowest BCUT2D eigenvalue weighted by Gasteiger charge is -2.32. The summed E-state index contributed by atoms with van der Waals surface area (Å²) in [7, 11) is 0. The number of carbonyl (C=O) groups is 1. The van der Waals surface area contributed by atoms with Crippen LogP contribution in [-0.2, 0) is 16.1 Å². The molecule has 1 aromatic rings. The van der Waals surface area contributed by atoms with Gasteiger partial charge < -0.3 is 9.47 Å². The van der Waals surface area contributed by atoms with Crippen molar-refractivity contribution in [3.05, 3.63) is 35.9 Å². The Morgan fingerprint density at radius 3 is 2.42 bits per heavy atom. The van der Waals surface area contributed by atoms with Crippen LogP contribution < -0.4 is 5.32 Å². The van der Waals surface area contributed by atoms with Crippen LogP contribution in [0.2, 0.25) is 0 Å². The van der Waals surface area contributed by atoms with Crippen LogP contribution in [0.15, 0.2) is 30.3 Å². The van der Waals surface area contributed by atoms with Crippen molar-refractivity contribution < 1.29 is 14.3 Å². The van der Waals surface area contributed by atoms with Gasteiger partial charge in [-0.15, -0.1) is 0 Å². The second kappa shape index (κ2) is 10.3. The number of rotatable bonds is 9. The molecule has 0 saturated carbocycles. The highest BCUT2D eigenvalue weighted by molar-refractivity contribution is 5.67. The molecule has 1 aromatic carbocycles. The fourth-order valence-electron chi connectivity index (χ4n) is 2.42. The first kappa shape index (κ1) is 20.5. The Morgan fingerprint density at radius 2 is 1.83 bits per heavy atom. The quantitative estimate of drug-likeness (QED) is 0.494. The standard InChI is InChI=1S/C20H33NO3/c1-6-7-9-12-16(2)18(24-20(3,4)5)21-19(22)23-15-17-13-10-8-11-14-17/h8,10-11,13-14,16,18H,6-7,9,12,15H2,1-5H3,(H,21,22). The molecule has 0 aliphatic heterocycles. The van der Waals surface area contributed by atoms with Crippen LogP contribution in [0.4, 0.5) is 4.79 Å². The molecular formula is C20H33NO3. The van der Waals surface area contributed by atoms with E-state index in [4.69, 9.17) is 9.47 Å². The lowest BCUT2D eigenvalue weighted by atomic mass is 10.0. The summed E-state index contributed by atoms with van der Waals surface area (Å²) in [4.78, 5) is 12.1. The zero-order valence-electron chi connectivity index (χ0n) is 15.8. The van der Waals surface area contributed by atoms with Gasteiger partial charge in [0.15, 0.2) is 0 Å². The molecule has 1 rings (SSSR count). The second-order valence-electron chi connectivity index (χ2n) is 7.33. The molecule has 0 fully saturated rings. The number of alkyl carbamates (subject to hydrolysis) is 1. The summed E-state index contributed by atoms with van der Waals surface area (Å²) in [6.07, 6.45) is 3.77. The Hall–Kier alpha value is -1.55. The topological polar surface area (TPSA) is 47.6 Å². The fourth-order valence-corrected chi connectivity index (χ4v) is 2.42. The molecule has 0 aromatic heterocycles. The molecule has 0 heterocycles. The zero-order chi connectivity index (χ0) is 18.0. The highest BCUT2D eigenvalue weighted by atomic mass is 16.6. The van der Waals surface area contributed by atoms with Crippen LogP contribution in [0.5, 0.6) is 0 Å². The Kier molecular flexibility index (Phi) is 8.83. The van der Waals surface area contributed by atoms with E-state index in [-0.39, 0.29) is 24.4 Å². The SMILES string of the molecule is CCCCCC(C)C(NC(=O)OCc1ccccc1)OC(C)(C)C. The summed E-state index contributed by atoms with van der Waals surface area (Å²) in [5.74, 6) is 0.236. The molecule has 0 radical (unpaired) electrons. The normalized spacial score (nSPS) is 14.0. The van der Waals surface area contributed by atoms with E-state index in [9.17, 15) is 4.79 Å². The van der Waals surface area contributed by atoms with Crippen LogP contribution in [0.3, 0.4) is 0 Å². The van der Waals surface area contributed by atoms with Crippen LogP contribution in [0.1, 0.15) is 65.9 Å². The number of nitrogens with one attached hydrogen (secondary N) is 1. The first-order valence-corrected chi connectivity index (χ1v) is 8.97. The monoisotopic (exact) mass is 335 g/mol. The van der Waals surface area contributed by atoms with E-state index in [0.717, 1.165) is 18.4 Å². The number of hydrogen-bond donors (Lipinski definition) is 1. The van der Waals surface area contributed by atoms with Crippen LogP contribution in [0.25, 0.3) is 0 Å². The highest BCUT2D eigenvalue weighted by Gasteiger charge is 2.26. The lowest BCUT2D eigenvalue weighted by Crippen LogP contribution is -2.45. The van der Waals surface area contributed by atoms with Crippen molar-refractivity contribution in [1.29, 1.82) is 0 Å². The molecule has 24 heavy (non-hydrogen) atoms. The molecule has 0 aliphatic carbocycles. The van der Waals surface area contributed by atoms with Crippen LogP contribution >= 0.6 is 0 Å². The third-order valence-corrected chi connectivity index (χ3v) is 3.73. The number of ether oxygens (including phenoxy) is 2. The van der Waals surface area contributed by atoms with E-state index in [1.54, 1.807) is 0 Å². The van der Waals surface area contributed by atoms with Crippen LogP contribution in [0, 0.1) is 5.92 Å².